The second kappa shape index (κ2) is 7.01. The van der Waals surface area contributed by atoms with Gasteiger partial charge < -0.3 is 4.42 Å². The molecule has 0 aliphatic rings. The maximum atomic E-state index is 12.5. The normalized spacial score (nSPS) is 10.8. The van der Waals surface area contributed by atoms with E-state index in [0.29, 0.717) is 11.5 Å². The van der Waals surface area contributed by atoms with Gasteiger partial charge in [0.1, 0.15) is 0 Å². The number of thioether (sulfide) groups is 1. The van der Waals surface area contributed by atoms with Crippen LogP contribution in [0, 0.1) is 0 Å². The van der Waals surface area contributed by atoms with Crippen molar-refractivity contribution in [1.29, 1.82) is 0 Å². The highest BCUT2D eigenvalue weighted by molar-refractivity contribution is 7.98. The zero-order valence-corrected chi connectivity index (χ0v) is 14.8. The zero-order valence-electron chi connectivity index (χ0n) is 14.0. The summed E-state index contributed by atoms with van der Waals surface area (Å²) in [5.41, 5.74) is 1.35. The lowest BCUT2D eigenvalue weighted by atomic mass is 10.1. The monoisotopic (exact) mass is 361 g/mol. The van der Waals surface area contributed by atoms with Crippen LogP contribution in [0.4, 0.5) is 6.01 Å². The molecule has 1 N–H and O–H groups in total. The molecule has 128 valence electrons. The van der Waals surface area contributed by atoms with Crippen LogP contribution in [-0.2, 0) is 0 Å². The van der Waals surface area contributed by atoms with Gasteiger partial charge in [0.25, 0.3) is 5.91 Å². The zero-order chi connectivity index (χ0) is 17.9. The van der Waals surface area contributed by atoms with Gasteiger partial charge in [-0.2, -0.15) is 0 Å². The molecular weight excluding hydrogens is 346 g/mol. The molecule has 6 heteroatoms. The Morgan fingerprint density at radius 2 is 1.81 bits per heavy atom. The fraction of sp³-hybridized carbons (Fsp3) is 0.0500. The summed E-state index contributed by atoms with van der Waals surface area (Å²) < 4.78 is 5.59. The summed E-state index contributed by atoms with van der Waals surface area (Å²) in [6.45, 7) is 0. The Morgan fingerprint density at radius 1 is 0.962 bits per heavy atom. The maximum Gasteiger partial charge on any atom is 0.322 e. The summed E-state index contributed by atoms with van der Waals surface area (Å²) in [4.78, 5) is 13.6. The number of hydrogen-bond acceptors (Lipinski definition) is 5. The molecule has 0 aliphatic carbocycles. The highest BCUT2D eigenvalue weighted by atomic mass is 32.2. The molecule has 0 fully saturated rings. The third-order valence-corrected chi connectivity index (χ3v) is 4.70. The van der Waals surface area contributed by atoms with Gasteiger partial charge in [-0.05, 0) is 47.4 Å². The van der Waals surface area contributed by atoms with E-state index in [2.05, 4.69) is 15.5 Å². The molecule has 1 aromatic heterocycles. The molecule has 0 saturated carbocycles. The fourth-order valence-corrected chi connectivity index (χ4v) is 3.11. The summed E-state index contributed by atoms with van der Waals surface area (Å²) in [7, 11) is 0. The summed E-state index contributed by atoms with van der Waals surface area (Å²) >= 11 is 1.63. The lowest BCUT2D eigenvalue weighted by molar-refractivity contribution is 0.102. The van der Waals surface area contributed by atoms with Gasteiger partial charge in [-0.1, -0.05) is 41.5 Å². The molecular formula is C20H15N3O2S. The van der Waals surface area contributed by atoms with Gasteiger partial charge >= 0.3 is 6.01 Å². The van der Waals surface area contributed by atoms with Crippen LogP contribution in [0.3, 0.4) is 0 Å². The first-order valence-electron chi connectivity index (χ1n) is 8.01. The molecule has 4 aromatic rings. The van der Waals surface area contributed by atoms with Gasteiger partial charge in [0.2, 0.25) is 5.89 Å². The van der Waals surface area contributed by atoms with Crippen LogP contribution in [0.5, 0.6) is 0 Å². The molecule has 0 aliphatic heterocycles. The molecule has 0 bridgehead atoms. The fourth-order valence-electron chi connectivity index (χ4n) is 2.65. The van der Waals surface area contributed by atoms with E-state index in [-0.39, 0.29) is 11.9 Å². The second-order valence-electron chi connectivity index (χ2n) is 5.66. The smallest absolute Gasteiger partial charge is 0.322 e. The third-order valence-electron chi connectivity index (χ3n) is 3.97. The van der Waals surface area contributed by atoms with Crippen LogP contribution in [0.2, 0.25) is 0 Å². The number of anilines is 1. The van der Waals surface area contributed by atoms with Crippen LogP contribution in [0.1, 0.15) is 10.4 Å². The SMILES string of the molecule is CSc1cccc(-c2nnc(NC(=O)c3ccc4ccccc4c3)o2)c1. The first-order valence-corrected chi connectivity index (χ1v) is 9.23. The van der Waals surface area contributed by atoms with Crippen LogP contribution in [0.15, 0.2) is 76.0 Å². The summed E-state index contributed by atoms with van der Waals surface area (Å²) in [5.74, 6) is 0.0820. The topological polar surface area (TPSA) is 68.0 Å². The maximum absolute atomic E-state index is 12.5. The van der Waals surface area contributed by atoms with E-state index in [0.717, 1.165) is 21.2 Å². The average Bonchev–Trinajstić information content (AvgIpc) is 3.16. The molecule has 5 nitrogen and oxygen atoms in total. The van der Waals surface area contributed by atoms with E-state index in [9.17, 15) is 4.79 Å². The molecule has 1 heterocycles. The Labute approximate surface area is 154 Å². The Morgan fingerprint density at radius 3 is 2.65 bits per heavy atom. The summed E-state index contributed by atoms with van der Waals surface area (Å²) in [5, 5.41) is 12.7. The van der Waals surface area contributed by atoms with Crippen molar-refractivity contribution < 1.29 is 9.21 Å². The van der Waals surface area contributed by atoms with Crippen molar-refractivity contribution in [3.05, 3.63) is 72.3 Å². The first-order chi connectivity index (χ1) is 12.7. The number of rotatable bonds is 4. The van der Waals surface area contributed by atoms with Crippen molar-refractivity contribution in [2.24, 2.45) is 0 Å². The number of nitrogens with zero attached hydrogens (tertiary/aromatic N) is 2. The van der Waals surface area contributed by atoms with Gasteiger partial charge in [0.05, 0.1) is 0 Å². The van der Waals surface area contributed by atoms with E-state index < -0.39 is 0 Å². The minimum absolute atomic E-state index is 0.0766. The van der Waals surface area contributed by atoms with Crippen molar-refractivity contribution >= 4 is 34.5 Å². The average molecular weight is 361 g/mol. The van der Waals surface area contributed by atoms with Gasteiger partial charge in [0, 0.05) is 16.0 Å². The van der Waals surface area contributed by atoms with Gasteiger partial charge in [0.15, 0.2) is 0 Å². The Kier molecular flexibility index (Phi) is 4.41. The van der Waals surface area contributed by atoms with E-state index >= 15 is 0 Å². The lowest BCUT2D eigenvalue weighted by Gasteiger charge is -2.03. The Hall–Kier alpha value is -3.12. The minimum Gasteiger partial charge on any atom is -0.403 e. The van der Waals surface area contributed by atoms with Crippen molar-refractivity contribution in [2.45, 2.75) is 4.90 Å². The molecule has 0 radical (unpaired) electrons. The standard InChI is InChI=1S/C20H15N3O2S/c1-26-17-8-4-7-16(12-17)19-22-23-20(25-19)21-18(24)15-10-9-13-5-2-3-6-14(13)11-15/h2-12H,1H3,(H,21,23,24). The number of aromatic nitrogens is 2. The molecule has 0 atom stereocenters. The molecule has 4 rings (SSSR count). The molecule has 0 unspecified atom stereocenters. The quantitative estimate of drug-likeness (QED) is 0.526. The number of hydrogen-bond donors (Lipinski definition) is 1. The highest BCUT2D eigenvalue weighted by Gasteiger charge is 2.13. The molecule has 26 heavy (non-hydrogen) atoms. The van der Waals surface area contributed by atoms with Crippen LogP contribution in [0.25, 0.3) is 22.2 Å². The highest BCUT2D eigenvalue weighted by Crippen LogP contribution is 2.25. The number of nitrogens with one attached hydrogen (secondary N) is 1. The number of carbonyl (C=O) groups is 1. The van der Waals surface area contributed by atoms with Crippen molar-refractivity contribution in [3.63, 3.8) is 0 Å². The third kappa shape index (κ3) is 3.32. The Balaban J connectivity index is 1.55. The molecule has 3 aromatic carbocycles. The van der Waals surface area contributed by atoms with Crippen LogP contribution in [-0.4, -0.2) is 22.4 Å². The number of benzene rings is 3. The summed E-state index contributed by atoms with van der Waals surface area (Å²) in [6.07, 6.45) is 2.00. The summed E-state index contributed by atoms with van der Waals surface area (Å²) in [6, 6.07) is 21.3. The molecule has 0 saturated heterocycles. The van der Waals surface area contributed by atoms with E-state index in [1.54, 1.807) is 17.8 Å². The van der Waals surface area contributed by atoms with Crippen molar-refractivity contribution in [2.75, 3.05) is 11.6 Å². The first kappa shape index (κ1) is 16.4. The molecule has 0 spiro atoms. The Bertz CT molecular complexity index is 1090. The van der Waals surface area contributed by atoms with Gasteiger partial charge in [-0.3, -0.25) is 10.1 Å². The van der Waals surface area contributed by atoms with Gasteiger partial charge in [-0.25, -0.2) is 0 Å². The predicted octanol–water partition coefficient (Wildman–Crippen LogP) is 4.86. The van der Waals surface area contributed by atoms with E-state index in [4.69, 9.17) is 4.42 Å². The van der Waals surface area contributed by atoms with Crippen LogP contribution >= 0.6 is 11.8 Å². The van der Waals surface area contributed by atoms with E-state index in [1.165, 1.54) is 0 Å². The number of fused-ring (bicyclic) bond motifs is 1. The van der Waals surface area contributed by atoms with Crippen molar-refractivity contribution in [1.82, 2.24) is 10.2 Å². The van der Waals surface area contributed by atoms with Crippen molar-refractivity contribution in [3.8, 4) is 11.5 Å². The van der Waals surface area contributed by atoms with Gasteiger partial charge in [-0.15, -0.1) is 16.9 Å². The lowest BCUT2D eigenvalue weighted by Crippen LogP contribution is -2.12. The molecule has 1 amide bonds. The largest absolute Gasteiger partial charge is 0.403 e. The minimum atomic E-state index is -0.288. The van der Waals surface area contributed by atoms with Crippen LogP contribution < -0.4 is 5.32 Å². The second-order valence-corrected chi connectivity index (χ2v) is 6.54. The predicted molar refractivity (Wildman–Crippen MR) is 103 cm³/mol. The number of amides is 1. The number of carbonyl (C=O) groups excluding carboxylic acids is 1. The van der Waals surface area contributed by atoms with E-state index in [1.807, 2.05) is 66.9 Å².